The minimum absolute atomic E-state index is 0.0490. The molecule has 0 saturated heterocycles. The molecule has 0 aliphatic heterocycles. The highest BCUT2D eigenvalue weighted by molar-refractivity contribution is 5.50. The fraction of sp³-hybridized carbons (Fsp3) is 0.133. The second-order valence-electron chi connectivity index (χ2n) is 4.05. The van der Waals surface area contributed by atoms with Crippen LogP contribution in [0.2, 0.25) is 0 Å². The average Bonchev–Trinajstić information content (AvgIpc) is 2.47. The van der Waals surface area contributed by atoms with Crippen LogP contribution in [0.5, 0.6) is 0 Å². The van der Waals surface area contributed by atoms with Crippen molar-refractivity contribution in [2.24, 2.45) is 0 Å². The fourth-order valence-corrected chi connectivity index (χ4v) is 1.45. The summed E-state index contributed by atoms with van der Waals surface area (Å²) in [5.74, 6) is 0. The van der Waals surface area contributed by atoms with E-state index in [2.05, 4.69) is 5.32 Å². The molecule has 98 valence electrons. The molecule has 0 atom stereocenters. The van der Waals surface area contributed by atoms with Crippen molar-refractivity contribution < 1.29 is 0 Å². The number of nitriles is 3. The summed E-state index contributed by atoms with van der Waals surface area (Å²) in [4.78, 5) is 1.69. The smallest absolute Gasteiger partial charge is 0.152 e. The Morgan fingerprint density at radius 2 is 1.70 bits per heavy atom. The van der Waals surface area contributed by atoms with Crippen LogP contribution in [-0.2, 0) is 0 Å². The van der Waals surface area contributed by atoms with E-state index in [4.69, 9.17) is 15.8 Å². The monoisotopic (exact) mass is 263 g/mol. The molecule has 20 heavy (non-hydrogen) atoms. The van der Waals surface area contributed by atoms with Crippen molar-refractivity contribution in [1.29, 1.82) is 15.8 Å². The lowest BCUT2D eigenvalue weighted by atomic mass is 10.2. The molecule has 0 aromatic heterocycles. The molecule has 0 unspecified atom stereocenters. The van der Waals surface area contributed by atoms with Crippen LogP contribution >= 0.6 is 0 Å². The second-order valence-corrected chi connectivity index (χ2v) is 4.05. The van der Waals surface area contributed by atoms with Crippen molar-refractivity contribution in [2.45, 2.75) is 0 Å². The first-order chi connectivity index (χ1) is 9.62. The summed E-state index contributed by atoms with van der Waals surface area (Å²) < 4.78 is 0. The molecule has 0 radical (unpaired) electrons. The Kier molecular flexibility index (Phi) is 5.38. The first-order valence-electron chi connectivity index (χ1n) is 5.77. The third-order valence-corrected chi connectivity index (χ3v) is 2.47. The number of hydrogen-bond acceptors (Lipinski definition) is 5. The number of nitrogens with one attached hydrogen (secondary N) is 1. The van der Waals surface area contributed by atoms with Crippen molar-refractivity contribution in [3.63, 3.8) is 0 Å². The summed E-state index contributed by atoms with van der Waals surface area (Å²) in [6, 6.07) is 12.7. The Hall–Kier alpha value is -3.23. The maximum Gasteiger partial charge on any atom is 0.152 e. The summed E-state index contributed by atoms with van der Waals surface area (Å²) in [5.41, 5.74) is 1.97. The van der Waals surface area contributed by atoms with Crippen LogP contribution in [0.3, 0.4) is 0 Å². The lowest BCUT2D eigenvalue weighted by Gasteiger charge is -2.13. The van der Waals surface area contributed by atoms with E-state index in [1.807, 2.05) is 18.2 Å². The number of allylic oxidation sites excluding steroid dienone is 2. The van der Waals surface area contributed by atoms with Gasteiger partial charge in [-0.25, -0.2) is 0 Å². The molecule has 0 bridgehead atoms. The van der Waals surface area contributed by atoms with Crippen molar-refractivity contribution in [1.82, 2.24) is 4.90 Å². The van der Waals surface area contributed by atoms with E-state index in [-0.39, 0.29) is 5.57 Å². The van der Waals surface area contributed by atoms with Gasteiger partial charge in [0.1, 0.15) is 12.1 Å². The molecular weight excluding hydrogens is 250 g/mol. The Morgan fingerprint density at radius 1 is 1.10 bits per heavy atom. The van der Waals surface area contributed by atoms with Gasteiger partial charge in [-0.3, -0.25) is 0 Å². The average molecular weight is 263 g/mol. The molecule has 1 aromatic rings. The van der Waals surface area contributed by atoms with Gasteiger partial charge in [0.2, 0.25) is 0 Å². The van der Waals surface area contributed by atoms with Gasteiger partial charge in [0, 0.05) is 26.0 Å². The van der Waals surface area contributed by atoms with Crippen LogP contribution in [0, 0.1) is 34.0 Å². The van der Waals surface area contributed by atoms with Crippen LogP contribution in [0.15, 0.2) is 47.8 Å². The highest BCUT2D eigenvalue weighted by atomic mass is 15.1. The number of nitrogens with zero attached hydrogens (tertiary/aromatic N) is 4. The minimum atomic E-state index is 0.0490. The molecule has 0 saturated carbocycles. The van der Waals surface area contributed by atoms with Gasteiger partial charge < -0.3 is 10.2 Å². The molecular formula is C15H13N5. The van der Waals surface area contributed by atoms with Gasteiger partial charge in [0.15, 0.2) is 5.57 Å². The van der Waals surface area contributed by atoms with Gasteiger partial charge in [-0.2, -0.15) is 15.8 Å². The summed E-state index contributed by atoms with van der Waals surface area (Å²) in [7, 11) is 3.52. The predicted molar refractivity (Wildman–Crippen MR) is 75.9 cm³/mol. The van der Waals surface area contributed by atoms with Crippen molar-refractivity contribution in [3.05, 3.63) is 53.4 Å². The lowest BCUT2D eigenvalue weighted by molar-refractivity contribution is 0.527. The van der Waals surface area contributed by atoms with Crippen molar-refractivity contribution >= 4 is 5.69 Å². The first-order valence-corrected chi connectivity index (χ1v) is 5.77. The van der Waals surface area contributed by atoms with Crippen LogP contribution in [0.1, 0.15) is 5.56 Å². The van der Waals surface area contributed by atoms with Crippen molar-refractivity contribution in [2.75, 3.05) is 19.4 Å². The molecule has 0 amide bonds. The van der Waals surface area contributed by atoms with E-state index < -0.39 is 0 Å². The first kappa shape index (κ1) is 14.8. The van der Waals surface area contributed by atoms with E-state index in [9.17, 15) is 0 Å². The third-order valence-electron chi connectivity index (χ3n) is 2.47. The highest BCUT2D eigenvalue weighted by Crippen LogP contribution is 2.11. The topological polar surface area (TPSA) is 86.6 Å². The number of rotatable bonds is 4. The molecule has 5 nitrogen and oxygen atoms in total. The Balaban J connectivity index is 2.86. The Morgan fingerprint density at radius 3 is 2.15 bits per heavy atom. The van der Waals surface area contributed by atoms with E-state index in [0.29, 0.717) is 11.3 Å². The zero-order chi connectivity index (χ0) is 15.0. The summed E-state index contributed by atoms with van der Waals surface area (Å²) in [6.45, 7) is 0. The maximum absolute atomic E-state index is 8.88. The normalized spacial score (nSPS) is 9.15. The molecule has 1 aromatic carbocycles. The molecule has 0 aliphatic carbocycles. The largest absolute Gasteiger partial charge is 0.376 e. The zero-order valence-corrected chi connectivity index (χ0v) is 11.3. The van der Waals surface area contributed by atoms with Crippen LogP contribution in [0.25, 0.3) is 0 Å². The van der Waals surface area contributed by atoms with Crippen molar-refractivity contribution in [3.8, 4) is 18.2 Å². The summed E-state index contributed by atoms with van der Waals surface area (Å²) in [5, 5.41) is 29.5. The standard InChI is InChI=1S/C15H13N5/c1-20(2)15(13(10-17)11-18)7-8-19-14-5-3-12(9-16)4-6-14/h3-8,19H,1-2H3/b8-7+. The quantitative estimate of drug-likeness (QED) is 0.665. The van der Waals surface area contributed by atoms with E-state index >= 15 is 0 Å². The van der Waals surface area contributed by atoms with Gasteiger partial charge in [-0.1, -0.05) is 0 Å². The third kappa shape index (κ3) is 3.91. The Labute approximate surface area is 118 Å². The molecule has 0 heterocycles. The predicted octanol–water partition coefficient (Wildman–Crippen LogP) is 2.35. The molecule has 0 fully saturated rings. The SMILES string of the molecule is CN(C)C(/C=C/Nc1ccc(C#N)cc1)=C(C#N)C#N. The van der Waals surface area contributed by atoms with Gasteiger partial charge in [0.25, 0.3) is 0 Å². The highest BCUT2D eigenvalue weighted by Gasteiger charge is 2.04. The number of benzene rings is 1. The summed E-state index contributed by atoms with van der Waals surface area (Å²) >= 11 is 0. The number of hydrogen-bond donors (Lipinski definition) is 1. The molecule has 0 spiro atoms. The van der Waals surface area contributed by atoms with E-state index in [0.717, 1.165) is 5.69 Å². The van der Waals surface area contributed by atoms with Crippen LogP contribution < -0.4 is 5.32 Å². The fourth-order valence-electron chi connectivity index (χ4n) is 1.45. The molecule has 0 aliphatic rings. The summed E-state index contributed by atoms with van der Waals surface area (Å²) in [6.07, 6.45) is 3.30. The molecule has 1 N–H and O–H groups in total. The van der Waals surface area contributed by atoms with Gasteiger partial charge in [-0.05, 0) is 30.3 Å². The Bertz CT molecular complexity index is 629. The maximum atomic E-state index is 8.88. The van der Waals surface area contributed by atoms with E-state index in [1.165, 1.54) is 0 Å². The van der Waals surface area contributed by atoms with Crippen LogP contribution in [-0.4, -0.2) is 19.0 Å². The lowest BCUT2D eigenvalue weighted by Crippen LogP contribution is -2.11. The van der Waals surface area contributed by atoms with Gasteiger partial charge in [0.05, 0.1) is 17.3 Å². The minimum Gasteiger partial charge on any atom is -0.376 e. The molecule has 5 heteroatoms. The van der Waals surface area contributed by atoms with Crippen LogP contribution in [0.4, 0.5) is 5.69 Å². The zero-order valence-electron chi connectivity index (χ0n) is 11.3. The number of likely N-dealkylation sites (N-methyl/N-ethyl adjacent to an activating group) is 1. The van der Waals surface area contributed by atoms with Gasteiger partial charge in [-0.15, -0.1) is 0 Å². The van der Waals surface area contributed by atoms with Gasteiger partial charge >= 0.3 is 0 Å². The molecule has 1 rings (SSSR count). The van der Waals surface area contributed by atoms with E-state index in [1.54, 1.807) is 55.5 Å². The second kappa shape index (κ2) is 7.26. The number of anilines is 1.